The fraction of sp³-hybridized carbons (Fsp3) is 0.421. The second kappa shape index (κ2) is 10.0. The predicted octanol–water partition coefficient (Wildman–Crippen LogP) is 2.26. The molecule has 1 aromatic carbocycles. The van der Waals surface area contributed by atoms with Crippen molar-refractivity contribution in [2.45, 2.75) is 38.3 Å². The number of nitrogens with one attached hydrogen (secondary N) is 2. The summed E-state index contributed by atoms with van der Waals surface area (Å²) in [7, 11) is 1.38. The molecule has 1 aliphatic rings. The largest absolute Gasteiger partial charge is 0.469 e. The number of benzene rings is 1. The minimum absolute atomic E-state index is 0.142. The first-order valence-corrected chi connectivity index (χ1v) is 9.52. The number of unbranched alkanes of at least 4 members (excludes halogenated alkanes) is 1. The molecule has 1 saturated heterocycles. The van der Waals surface area contributed by atoms with Gasteiger partial charge in [0.2, 0.25) is 5.91 Å². The van der Waals surface area contributed by atoms with Gasteiger partial charge in [-0.1, -0.05) is 24.3 Å². The highest BCUT2D eigenvalue weighted by molar-refractivity contribution is 8.03. The van der Waals surface area contributed by atoms with Crippen molar-refractivity contribution in [1.82, 2.24) is 10.6 Å². The molecule has 1 heterocycles. The van der Waals surface area contributed by atoms with E-state index >= 15 is 0 Å². The number of carbonyl (C=O) groups excluding carboxylic acids is 3. The van der Waals surface area contributed by atoms with Crippen LogP contribution < -0.4 is 10.6 Å². The van der Waals surface area contributed by atoms with Crippen LogP contribution in [-0.4, -0.2) is 42.7 Å². The average Bonchev–Trinajstić information content (AvgIpc) is 3.00. The Morgan fingerprint density at radius 3 is 2.62 bits per heavy atom. The molecule has 2 amide bonds. The Hall–Kier alpha value is -2.28. The van der Waals surface area contributed by atoms with Crippen molar-refractivity contribution in [3.63, 3.8) is 0 Å². The van der Waals surface area contributed by atoms with E-state index in [0.717, 1.165) is 4.91 Å². The summed E-state index contributed by atoms with van der Waals surface area (Å²) in [6.45, 7) is 1.47. The van der Waals surface area contributed by atoms with Crippen molar-refractivity contribution in [3.8, 4) is 0 Å². The van der Waals surface area contributed by atoms with E-state index in [-0.39, 0.29) is 29.9 Å². The zero-order valence-electron chi connectivity index (χ0n) is 15.0. The first-order chi connectivity index (χ1) is 12.5. The number of ether oxygens (including phenoxy) is 1. The van der Waals surface area contributed by atoms with Gasteiger partial charge in [-0.05, 0) is 25.0 Å². The van der Waals surface area contributed by atoms with Crippen LogP contribution >= 0.6 is 11.8 Å². The van der Waals surface area contributed by atoms with Crippen LogP contribution in [-0.2, 0) is 14.3 Å². The lowest BCUT2D eigenvalue weighted by molar-refractivity contribution is -0.140. The summed E-state index contributed by atoms with van der Waals surface area (Å²) in [5.41, 5.74) is 0.592. The van der Waals surface area contributed by atoms with Gasteiger partial charge in [-0.25, -0.2) is 0 Å². The van der Waals surface area contributed by atoms with Gasteiger partial charge in [0.15, 0.2) is 0 Å². The maximum atomic E-state index is 12.4. The van der Waals surface area contributed by atoms with Gasteiger partial charge in [-0.2, -0.15) is 0 Å². The van der Waals surface area contributed by atoms with E-state index in [2.05, 4.69) is 15.4 Å². The number of thioether (sulfide) groups is 1. The molecule has 0 aliphatic carbocycles. The minimum atomic E-state index is -0.247. The SMILES string of the molecule is COC(=O)CCC/C=C1/SC[C@H](NC(=O)c2ccccc2)[C@@H]1NC(C)=O. The average molecular weight is 376 g/mol. The van der Waals surface area contributed by atoms with Crippen molar-refractivity contribution < 1.29 is 19.1 Å². The molecule has 0 spiro atoms. The molecule has 0 saturated carbocycles. The molecule has 0 radical (unpaired) electrons. The maximum absolute atomic E-state index is 12.4. The van der Waals surface area contributed by atoms with E-state index in [1.807, 2.05) is 24.3 Å². The van der Waals surface area contributed by atoms with E-state index in [4.69, 9.17) is 0 Å². The third kappa shape index (κ3) is 5.91. The van der Waals surface area contributed by atoms with Crippen LogP contribution in [0.3, 0.4) is 0 Å². The Morgan fingerprint density at radius 1 is 1.23 bits per heavy atom. The van der Waals surface area contributed by atoms with Crippen molar-refractivity contribution in [1.29, 1.82) is 0 Å². The number of methoxy groups -OCH3 is 1. The number of hydrogen-bond donors (Lipinski definition) is 2. The number of rotatable bonds is 7. The minimum Gasteiger partial charge on any atom is -0.469 e. The monoisotopic (exact) mass is 376 g/mol. The summed E-state index contributed by atoms with van der Waals surface area (Å²) >= 11 is 1.62. The van der Waals surface area contributed by atoms with Crippen LogP contribution in [0.2, 0.25) is 0 Å². The highest BCUT2D eigenvalue weighted by atomic mass is 32.2. The summed E-state index contributed by atoms with van der Waals surface area (Å²) < 4.78 is 4.63. The lowest BCUT2D eigenvalue weighted by atomic mass is 10.1. The van der Waals surface area contributed by atoms with Crippen molar-refractivity contribution in [3.05, 3.63) is 46.9 Å². The summed E-state index contributed by atoms with van der Waals surface area (Å²) in [6, 6.07) is 8.58. The number of amides is 2. The van der Waals surface area contributed by atoms with Crippen molar-refractivity contribution in [2.75, 3.05) is 12.9 Å². The molecule has 7 heteroatoms. The van der Waals surface area contributed by atoms with Crippen LogP contribution in [0.4, 0.5) is 0 Å². The molecule has 2 atom stereocenters. The molecule has 1 fully saturated rings. The van der Waals surface area contributed by atoms with Gasteiger partial charge in [0.05, 0.1) is 19.2 Å². The zero-order valence-corrected chi connectivity index (χ0v) is 15.8. The molecule has 2 N–H and O–H groups in total. The Morgan fingerprint density at radius 2 is 1.96 bits per heavy atom. The highest BCUT2D eigenvalue weighted by Gasteiger charge is 2.34. The summed E-state index contributed by atoms with van der Waals surface area (Å²) in [6.07, 6.45) is 3.80. The summed E-state index contributed by atoms with van der Waals surface area (Å²) in [4.78, 5) is 36.2. The van der Waals surface area contributed by atoms with Crippen LogP contribution in [0.15, 0.2) is 41.3 Å². The molecule has 26 heavy (non-hydrogen) atoms. The standard InChI is InChI=1S/C19H24N2O4S/c1-13(22)20-18-15(21-19(24)14-8-4-3-5-9-14)12-26-16(18)10-6-7-11-17(23)25-2/h3-5,8-10,15,18H,6-7,11-12H2,1-2H3,(H,20,22)(H,21,24)/b16-10+/t15-,18-/m0/s1. The van der Waals surface area contributed by atoms with E-state index in [9.17, 15) is 14.4 Å². The second-order valence-corrected chi connectivity index (χ2v) is 7.10. The number of hydrogen-bond acceptors (Lipinski definition) is 5. The summed E-state index contributed by atoms with van der Waals surface area (Å²) in [5.74, 6) is 0.163. The maximum Gasteiger partial charge on any atom is 0.305 e. The molecule has 0 bridgehead atoms. The number of allylic oxidation sites excluding steroid dienone is 1. The smallest absolute Gasteiger partial charge is 0.305 e. The van der Waals surface area contributed by atoms with Gasteiger partial charge in [0, 0.05) is 29.6 Å². The Balaban J connectivity index is 1.99. The molecule has 2 rings (SSSR count). The van der Waals surface area contributed by atoms with Gasteiger partial charge in [0.25, 0.3) is 5.91 Å². The lowest BCUT2D eigenvalue weighted by Crippen LogP contribution is -2.50. The quantitative estimate of drug-likeness (QED) is 0.563. The van der Waals surface area contributed by atoms with Crippen molar-refractivity contribution in [2.24, 2.45) is 0 Å². The molecule has 0 aromatic heterocycles. The molecule has 0 unspecified atom stereocenters. The molecule has 1 aliphatic heterocycles. The third-order valence-corrected chi connectivity index (χ3v) is 5.29. The van der Waals surface area contributed by atoms with E-state index < -0.39 is 0 Å². The Labute approximate surface area is 157 Å². The van der Waals surface area contributed by atoms with Gasteiger partial charge >= 0.3 is 5.97 Å². The molecular weight excluding hydrogens is 352 g/mol. The Bertz CT molecular complexity index is 675. The van der Waals surface area contributed by atoms with E-state index in [0.29, 0.717) is 30.6 Å². The predicted molar refractivity (Wildman–Crippen MR) is 102 cm³/mol. The van der Waals surface area contributed by atoms with Gasteiger partial charge in [-0.15, -0.1) is 11.8 Å². The fourth-order valence-electron chi connectivity index (χ4n) is 2.71. The first kappa shape index (κ1) is 20.0. The van der Waals surface area contributed by atoms with Crippen LogP contribution in [0, 0.1) is 0 Å². The van der Waals surface area contributed by atoms with Crippen LogP contribution in [0.1, 0.15) is 36.5 Å². The number of esters is 1. The third-order valence-electron chi connectivity index (χ3n) is 4.01. The lowest BCUT2D eigenvalue weighted by Gasteiger charge is -2.22. The normalized spacial score (nSPS) is 20.6. The van der Waals surface area contributed by atoms with E-state index in [1.54, 1.807) is 23.9 Å². The topological polar surface area (TPSA) is 84.5 Å². The van der Waals surface area contributed by atoms with Gasteiger partial charge in [0.1, 0.15) is 0 Å². The molecular formula is C19H24N2O4S. The fourth-order valence-corrected chi connectivity index (χ4v) is 3.99. The van der Waals surface area contributed by atoms with Crippen LogP contribution in [0.25, 0.3) is 0 Å². The van der Waals surface area contributed by atoms with Crippen LogP contribution in [0.5, 0.6) is 0 Å². The number of carbonyl (C=O) groups is 3. The second-order valence-electron chi connectivity index (χ2n) is 6.01. The van der Waals surface area contributed by atoms with E-state index in [1.165, 1.54) is 14.0 Å². The summed E-state index contributed by atoms with van der Waals surface area (Å²) in [5, 5.41) is 5.93. The molecule has 1 aromatic rings. The zero-order chi connectivity index (χ0) is 18.9. The Kier molecular flexibility index (Phi) is 7.72. The van der Waals surface area contributed by atoms with Gasteiger partial charge in [-0.3, -0.25) is 14.4 Å². The molecule has 6 nitrogen and oxygen atoms in total. The highest BCUT2D eigenvalue weighted by Crippen LogP contribution is 2.32. The van der Waals surface area contributed by atoms with Gasteiger partial charge < -0.3 is 15.4 Å². The molecule has 140 valence electrons. The van der Waals surface area contributed by atoms with Crippen molar-refractivity contribution >= 4 is 29.5 Å². The first-order valence-electron chi connectivity index (χ1n) is 8.54.